The zero-order chi connectivity index (χ0) is 25.4. The van der Waals surface area contributed by atoms with Crippen LogP contribution in [-0.4, -0.2) is 83.9 Å². The lowest BCUT2D eigenvalue weighted by Gasteiger charge is -2.42. The first-order valence-electron chi connectivity index (χ1n) is 13.3. The number of hydrogen-bond acceptors (Lipinski definition) is 9. The van der Waals surface area contributed by atoms with Crippen molar-refractivity contribution in [1.29, 1.82) is 5.26 Å². The molecule has 2 fully saturated rings. The molecular formula is C28H34N8O. The van der Waals surface area contributed by atoms with Crippen molar-refractivity contribution >= 4 is 22.5 Å². The second kappa shape index (κ2) is 10.2. The summed E-state index contributed by atoms with van der Waals surface area (Å²) in [6.45, 7) is 11.7. The third-order valence-electron chi connectivity index (χ3n) is 7.78. The normalized spacial score (nSPS) is 24.6. The molecule has 0 bridgehead atoms. The molecule has 2 saturated heterocycles. The Morgan fingerprint density at radius 1 is 1.00 bits per heavy atom. The number of pyridine rings is 1. The number of piperazine rings is 1. The van der Waals surface area contributed by atoms with Crippen LogP contribution in [0.4, 0.5) is 11.5 Å². The predicted octanol–water partition coefficient (Wildman–Crippen LogP) is 2.35. The minimum absolute atomic E-state index is 0.104. The zero-order valence-electron chi connectivity index (χ0n) is 21.6. The van der Waals surface area contributed by atoms with Gasteiger partial charge in [-0.3, -0.25) is 14.9 Å². The van der Waals surface area contributed by atoms with E-state index < -0.39 is 0 Å². The Labute approximate surface area is 218 Å². The summed E-state index contributed by atoms with van der Waals surface area (Å²) in [5.41, 5.74) is 5.79. The molecule has 3 aromatic rings. The number of nitriles is 1. The summed E-state index contributed by atoms with van der Waals surface area (Å²) in [5.74, 6) is 1.09. The highest BCUT2D eigenvalue weighted by Gasteiger charge is 2.30. The van der Waals surface area contributed by atoms with E-state index in [2.05, 4.69) is 62.2 Å². The van der Waals surface area contributed by atoms with Gasteiger partial charge in [-0.15, -0.1) is 0 Å². The van der Waals surface area contributed by atoms with Gasteiger partial charge in [0.15, 0.2) is 0 Å². The fourth-order valence-corrected chi connectivity index (χ4v) is 5.90. The highest BCUT2D eigenvalue weighted by atomic mass is 16.5. The summed E-state index contributed by atoms with van der Waals surface area (Å²) >= 11 is 0. The second-order valence-corrected chi connectivity index (χ2v) is 10.6. The Kier molecular flexibility index (Phi) is 6.63. The standard InChI is InChI=1S/C28H34N8O/c1-19-11-22-15-33-26(12-23(22)14-32-19)35-9-7-34(8-10-35)17-24-18-36(16-20(2)37-24)25-4-3-21(13-29)27-28(25)31-6-5-30-27/h3-6,12,15,19-20,24,32H,7-11,14,16-18H2,1-2H3/t19-,20?,24?/m1/s1. The van der Waals surface area contributed by atoms with Crippen LogP contribution in [0, 0.1) is 11.3 Å². The van der Waals surface area contributed by atoms with Gasteiger partial charge in [-0.25, -0.2) is 4.98 Å². The lowest BCUT2D eigenvalue weighted by Crippen LogP contribution is -2.54. The third kappa shape index (κ3) is 4.97. The van der Waals surface area contributed by atoms with Crippen LogP contribution in [0.15, 0.2) is 36.8 Å². The number of benzene rings is 1. The molecule has 5 heterocycles. The molecule has 1 aromatic carbocycles. The van der Waals surface area contributed by atoms with E-state index in [0.29, 0.717) is 17.1 Å². The quantitative estimate of drug-likeness (QED) is 0.582. The van der Waals surface area contributed by atoms with Crippen LogP contribution in [0.3, 0.4) is 0 Å². The van der Waals surface area contributed by atoms with Crippen LogP contribution >= 0.6 is 0 Å². The van der Waals surface area contributed by atoms with E-state index in [1.54, 1.807) is 12.4 Å². The topological polar surface area (TPSA) is 93.4 Å². The number of aromatic nitrogens is 3. The molecule has 0 amide bonds. The van der Waals surface area contributed by atoms with E-state index in [9.17, 15) is 5.26 Å². The van der Waals surface area contributed by atoms with Crippen molar-refractivity contribution in [3.05, 3.63) is 53.5 Å². The van der Waals surface area contributed by atoms with E-state index >= 15 is 0 Å². The van der Waals surface area contributed by atoms with Gasteiger partial charge in [0, 0.05) is 77.0 Å². The third-order valence-corrected chi connectivity index (χ3v) is 7.78. The number of rotatable bonds is 4. The largest absolute Gasteiger partial charge is 0.370 e. The molecule has 9 heteroatoms. The van der Waals surface area contributed by atoms with Gasteiger partial charge in [-0.1, -0.05) is 0 Å². The second-order valence-electron chi connectivity index (χ2n) is 10.6. The molecule has 3 atom stereocenters. The highest BCUT2D eigenvalue weighted by Crippen LogP contribution is 2.29. The van der Waals surface area contributed by atoms with Crippen molar-refractivity contribution in [3.63, 3.8) is 0 Å². The molecule has 0 saturated carbocycles. The Morgan fingerprint density at radius 2 is 1.81 bits per heavy atom. The Hall–Kier alpha value is -3.32. The van der Waals surface area contributed by atoms with Crippen molar-refractivity contribution in [3.8, 4) is 6.07 Å². The number of nitrogens with zero attached hydrogens (tertiary/aromatic N) is 7. The monoisotopic (exact) mass is 498 g/mol. The van der Waals surface area contributed by atoms with E-state index in [4.69, 9.17) is 9.72 Å². The summed E-state index contributed by atoms with van der Waals surface area (Å²) in [4.78, 5) is 21.1. The van der Waals surface area contributed by atoms with Gasteiger partial charge >= 0.3 is 0 Å². The molecule has 2 aromatic heterocycles. The van der Waals surface area contributed by atoms with Crippen LogP contribution in [0.2, 0.25) is 0 Å². The SMILES string of the molecule is CC1CN(c2ccc(C#N)c3nccnc23)CC(CN2CCN(c3cc4c(cn3)C[C@@H](C)NC4)CC2)O1. The minimum atomic E-state index is 0.104. The maximum absolute atomic E-state index is 9.49. The first kappa shape index (κ1) is 24.0. The number of anilines is 2. The van der Waals surface area contributed by atoms with E-state index in [0.717, 1.165) is 75.8 Å². The molecule has 192 valence electrons. The number of nitrogens with one attached hydrogen (secondary N) is 1. The number of fused-ring (bicyclic) bond motifs is 2. The maximum Gasteiger partial charge on any atom is 0.128 e. The first-order valence-corrected chi connectivity index (χ1v) is 13.3. The van der Waals surface area contributed by atoms with Gasteiger partial charge in [0.05, 0.1) is 23.5 Å². The van der Waals surface area contributed by atoms with Crippen molar-refractivity contribution in [2.24, 2.45) is 0 Å². The van der Waals surface area contributed by atoms with Crippen LogP contribution in [-0.2, 0) is 17.7 Å². The lowest BCUT2D eigenvalue weighted by molar-refractivity contribution is -0.0327. The Bertz CT molecular complexity index is 1320. The summed E-state index contributed by atoms with van der Waals surface area (Å²) in [6.07, 6.45) is 6.69. The van der Waals surface area contributed by atoms with Crippen molar-refractivity contribution < 1.29 is 4.74 Å². The number of ether oxygens (including phenoxy) is 1. The molecule has 0 radical (unpaired) electrons. The average molecular weight is 499 g/mol. The maximum atomic E-state index is 9.49. The van der Waals surface area contributed by atoms with E-state index in [1.807, 2.05) is 12.1 Å². The molecule has 3 aliphatic heterocycles. The molecule has 6 rings (SSSR count). The van der Waals surface area contributed by atoms with Gasteiger partial charge in [-0.05, 0) is 49.6 Å². The van der Waals surface area contributed by atoms with Gasteiger partial charge in [-0.2, -0.15) is 5.26 Å². The molecule has 0 spiro atoms. The minimum Gasteiger partial charge on any atom is -0.370 e. The summed E-state index contributed by atoms with van der Waals surface area (Å²) in [5, 5.41) is 13.1. The fraction of sp³-hybridized carbons (Fsp3) is 0.500. The molecule has 9 nitrogen and oxygen atoms in total. The number of morpholine rings is 1. The summed E-state index contributed by atoms with van der Waals surface area (Å²) in [7, 11) is 0. The molecule has 37 heavy (non-hydrogen) atoms. The zero-order valence-corrected chi connectivity index (χ0v) is 21.6. The number of hydrogen-bond donors (Lipinski definition) is 1. The van der Waals surface area contributed by atoms with Gasteiger partial charge in [0.2, 0.25) is 0 Å². The van der Waals surface area contributed by atoms with Crippen molar-refractivity contribution in [2.75, 3.05) is 55.6 Å². The Balaban J connectivity index is 1.10. The average Bonchev–Trinajstić information content (AvgIpc) is 2.92. The predicted molar refractivity (Wildman–Crippen MR) is 144 cm³/mol. The molecular weight excluding hydrogens is 464 g/mol. The van der Waals surface area contributed by atoms with Crippen molar-refractivity contribution in [1.82, 2.24) is 25.2 Å². The van der Waals surface area contributed by atoms with Gasteiger partial charge < -0.3 is 19.9 Å². The van der Waals surface area contributed by atoms with Crippen molar-refractivity contribution in [2.45, 2.75) is 45.1 Å². The highest BCUT2D eigenvalue weighted by molar-refractivity contribution is 5.92. The molecule has 0 aliphatic carbocycles. The van der Waals surface area contributed by atoms with Crippen LogP contribution in [0.1, 0.15) is 30.5 Å². The Morgan fingerprint density at radius 3 is 2.62 bits per heavy atom. The van der Waals surface area contributed by atoms with Crippen LogP contribution < -0.4 is 15.1 Å². The first-order chi connectivity index (χ1) is 18.1. The summed E-state index contributed by atoms with van der Waals surface area (Å²) < 4.78 is 6.38. The molecule has 2 unspecified atom stereocenters. The fourth-order valence-electron chi connectivity index (χ4n) is 5.90. The van der Waals surface area contributed by atoms with Crippen LogP contribution in [0.5, 0.6) is 0 Å². The van der Waals surface area contributed by atoms with E-state index in [1.165, 1.54) is 11.1 Å². The summed E-state index contributed by atoms with van der Waals surface area (Å²) in [6, 6.07) is 8.90. The molecule has 3 aliphatic rings. The lowest BCUT2D eigenvalue weighted by atomic mass is 9.98. The van der Waals surface area contributed by atoms with Gasteiger partial charge in [0.1, 0.15) is 22.9 Å². The van der Waals surface area contributed by atoms with Gasteiger partial charge in [0.25, 0.3) is 0 Å². The van der Waals surface area contributed by atoms with Crippen LogP contribution in [0.25, 0.3) is 11.0 Å². The van der Waals surface area contributed by atoms with E-state index in [-0.39, 0.29) is 12.2 Å². The molecule has 1 N–H and O–H groups in total. The smallest absolute Gasteiger partial charge is 0.128 e.